The van der Waals surface area contributed by atoms with Gasteiger partial charge in [-0.05, 0) is 37.1 Å². The number of nitrogens with zero attached hydrogens (tertiary/aromatic N) is 4. The van der Waals surface area contributed by atoms with Gasteiger partial charge in [-0.1, -0.05) is 30.9 Å². The van der Waals surface area contributed by atoms with Gasteiger partial charge in [0.15, 0.2) is 0 Å². The summed E-state index contributed by atoms with van der Waals surface area (Å²) in [5.74, 6) is 0.695. The molecule has 10 heteroatoms. The minimum absolute atomic E-state index is 0.186. The van der Waals surface area contributed by atoms with E-state index in [0.717, 1.165) is 28.6 Å². The van der Waals surface area contributed by atoms with Crippen LogP contribution in [0.25, 0.3) is 16.6 Å². The SMILES string of the molecule is C=C(/N=N\C=C/C)c1cc(NCCc2cn(CCN3C[C@H](O)[C@@H](O)[C@H](O)[C@H]3CO)c3ccccc23)cc(OC)c1. The first kappa shape index (κ1) is 29.4. The van der Waals surface area contributed by atoms with Gasteiger partial charge in [-0.2, -0.15) is 10.2 Å². The number of hydrogen-bond acceptors (Lipinski definition) is 9. The Morgan fingerprint density at radius 1 is 1.15 bits per heavy atom. The lowest BCUT2D eigenvalue weighted by Crippen LogP contribution is -2.62. The molecule has 0 radical (unpaired) electrons. The maximum atomic E-state index is 10.3. The second kappa shape index (κ2) is 13.7. The molecule has 1 aliphatic heterocycles. The molecule has 2 aromatic carbocycles. The highest BCUT2D eigenvalue weighted by atomic mass is 16.5. The van der Waals surface area contributed by atoms with Crippen LogP contribution in [0.4, 0.5) is 5.69 Å². The number of likely N-dealkylation sites (tertiary alicyclic amines) is 1. The summed E-state index contributed by atoms with van der Waals surface area (Å²) in [7, 11) is 1.62. The number of aliphatic hydroxyl groups excluding tert-OH is 4. The summed E-state index contributed by atoms with van der Waals surface area (Å²) in [6.07, 6.45) is 2.78. The number of anilines is 1. The number of nitrogens with one attached hydrogen (secondary N) is 1. The summed E-state index contributed by atoms with van der Waals surface area (Å²) in [5.41, 5.74) is 4.51. The highest BCUT2D eigenvalue weighted by Crippen LogP contribution is 2.27. The van der Waals surface area contributed by atoms with Crippen LogP contribution in [0, 0.1) is 0 Å². The van der Waals surface area contributed by atoms with Crippen LogP contribution in [0.5, 0.6) is 5.75 Å². The van der Waals surface area contributed by atoms with Crippen LogP contribution in [0.15, 0.2) is 77.7 Å². The van der Waals surface area contributed by atoms with Gasteiger partial charge in [-0.3, -0.25) is 4.90 Å². The monoisotopic (exact) mass is 549 g/mol. The molecule has 214 valence electrons. The largest absolute Gasteiger partial charge is 0.497 e. The molecule has 3 aromatic rings. The van der Waals surface area contributed by atoms with Gasteiger partial charge in [0, 0.05) is 66.8 Å². The summed E-state index contributed by atoms with van der Waals surface area (Å²) in [5, 5.41) is 53.0. The predicted molar refractivity (Wildman–Crippen MR) is 156 cm³/mol. The number of aromatic nitrogens is 1. The van der Waals surface area contributed by atoms with Crippen molar-refractivity contribution in [2.24, 2.45) is 10.2 Å². The lowest BCUT2D eigenvalue weighted by molar-refractivity contribution is -0.145. The van der Waals surface area contributed by atoms with E-state index in [4.69, 9.17) is 4.74 Å². The number of ether oxygens (including phenoxy) is 1. The zero-order chi connectivity index (χ0) is 28.6. The van der Waals surface area contributed by atoms with Gasteiger partial charge >= 0.3 is 0 Å². The van der Waals surface area contributed by atoms with Crippen molar-refractivity contribution in [3.8, 4) is 5.75 Å². The fourth-order valence-electron chi connectivity index (χ4n) is 5.13. The Hall–Kier alpha value is -3.54. The molecule has 1 aliphatic rings. The molecule has 4 rings (SSSR count). The predicted octanol–water partition coefficient (Wildman–Crippen LogP) is 3.02. The van der Waals surface area contributed by atoms with Gasteiger partial charge < -0.3 is 35.0 Å². The first-order chi connectivity index (χ1) is 19.4. The number of para-hydroxylation sites is 1. The molecule has 0 spiro atoms. The Morgan fingerprint density at radius 2 is 1.95 bits per heavy atom. The first-order valence-electron chi connectivity index (χ1n) is 13.5. The quantitative estimate of drug-likeness (QED) is 0.219. The zero-order valence-corrected chi connectivity index (χ0v) is 23.0. The molecule has 40 heavy (non-hydrogen) atoms. The summed E-state index contributed by atoms with van der Waals surface area (Å²) >= 11 is 0. The van der Waals surface area contributed by atoms with Crippen LogP contribution in [0.3, 0.4) is 0 Å². The van der Waals surface area contributed by atoms with Gasteiger partial charge in [0.2, 0.25) is 0 Å². The smallest absolute Gasteiger partial charge is 0.121 e. The van der Waals surface area contributed by atoms with Crippen molar-refractivity contribution in [3.05, 3.63) is 78.6 Å². The summed E-state index contributed by atoms with van der Waals surface area (Å²) in [4.78, 5) is 1.84. The van der Waals surface area contributed by atoms with Crippen molar-refractivity contribution in [3.63, 3.8) is 0 Å². The van der Waals surface area contributed by atoms with Crippen LogP contribution >= 0.6 is 0 Å². The summed E-state index contributed by atoms with van der Waals surface area (Å²) in [6.45, 7) is 7.56. The number of rotatable bonds is 12. The van der Waals surface area contributed by atoms with Crippen LogP contribution < -0.4 is 10.1 Å². The molecule has 1 aromatic heterocycles. The van der Waals surface area contributed by atoms with E-state index in [0.29, 0.717) is 31.1 Å². The van der Waals surface area contributed by atoms with E-state index >= 15 is 0 Å². The van der Waals surface area contributed by atoms with E-state index in [1.165, 1.54) is 5.56 Å². The van der Waals surface area contributed by atoms with Gasteiger partial charge in [0.05, 0.1) is 31.6 Å². The second-order valence-corrected chi connectivity index (χ2v) is 9.93. The number of hydrogen-bond donors (Lipinski definition) is 5. The number of benzene rings is 2. The van der Waals surface area contributed by atoms with E-state index < -0.39 is 24.4 Å². The van der Waals surface area contributed by atoms with E-state index in [9.17, 15) is 20.4 Å². The molecule has 0 unspecified atom stereocenters. The van der Waals surface area contributed by atoms with Crippen molar-refractivity contribution in [2.45, 2.75) is 44.2 Å². The molecule has 2 heterocycles. The van der Waals surface area contributed by atoms with Crippen molar-refractivity contribution in [2.75, 3.05) is 38.7 Å². The highest BCUT2D eigenvalue weighted by molar-refractivity contribution is 5.84. The minimum atomic E-state index is -1.26. The van der Waals surface area contributed by atoms with Crippen LogP contribution in [-0.2, 0) is 13.0 Å². The van der Waals surface area contributed by atoms with Gasteiger partial charge in [0.1, 0.15) is 18.0 Å². The van der Waals surface area contributed by atoms with E-state index in [1.807, 2.05) is 42.2 Å². The van der Waals surface area contributed by atoms with E-state index in [1.54, 1.807) is 19.4 Å². The Balaban J connectivity index is 1.45. The van der Waals surface area contributed by atoms with Gasteiger partial charge in [-0.15, -0.1) is 0 Å². The number of fused-ring (bicyclic) bond motifs is 1. The van der Waals surface area contributed by atoms with Crippen molar-refractivity contribution < 1.29 is 25.2 Å². The second-order valence-electron chi connectivity index (χ2n) is 9.93. The van der Waals surface area contributed by atoms with Crippen LogP contribution in [-0.4, -0.2) is 87.6 Å². The van der Waals surface area contributed by atoms with E-state index in [2.05, 4.69) is 45.0 Å². The molecule has 0 aliphatic carbocycles. The Morgan fingerprint density at radius 3 is 2.70 bits per heavy atom. The standard InChI is InChI=1S/C30H39N5O5/c1-4-10-32-33-20(2)22-14-23(16-24(15-22)40-3)31-11-9-21-17-34(26-8-6-5-7-25(21)26)12-13-35-18-28(37)30(39)29(38)27(35)19-36/h4-8,10,14-17,27-31,36-39H,2,9,11-13,18-19H2,1,3H3/b10-4-,33-32-/t27-,28+,29-,30-/m1/s1. The lowest BCUT2D eigenvalue weighted by atomic mass is 9.94. The molecule has 1 fully saturated rings. The zero-order valence-electron chi connectivity index (χ0n) is 23.0. The third-order valence-electron chi connectivity index (χ3n) is 7.31. The van der Waals surface area contributed by atoms with Crippen LogP contribution in [0.2, 0.25) is 0 Å². The first-order valence-corrected chi connectivity index (χ1v) is 13.5. The maximum absolute atomic E-state index is 10.3. The average molecular weight is 550 g/mol. The van der Waals surface area contributed by atoms with Crippen molar-refractivity contribution >= 4 is 22.3 Å². The lowest BCUT2D eigenvalue weighted by Gasteiger charge is -2.43. The molecular weight excluding hydrogens is 510 g/mol. The van der Waals surface area contributed by atoms with Gasteiger partial charge in [0.25, 0.3) is 0 Å². The Kier molecular flexibility index (Phi) is 10.1. The number of azo groups is 1. The third kappa shape index (κ3) is 6.78. The molecule has 0 bridgehead atoms. The molecule has 0 saturated carbocycles. The van der Waals surface area contributed by atoms with Crippen molar-refractivity contribution in [1.82, 2.24) is 9.47 Å². The Bertz CT molecular complexity index is 1350. The fraction of sp³-hybridized carbons (Fsp3) is 0.400. The number of aliphatic hydroxyl groups is 4. The topological polar surface area (TPSA) is 135 Å². The minimum Gasteiger partial charge on any atom is -0.497 e. The molecular formula is C30H39N5O5. The van der Waals surface area contributed by atoms with Crippen LogP contribution in [0.1, 0.15) is 18.1 Å². The molecule has 5 N–H and O–H groups in total. The van der Waals surface area contributed by atoms with Crippen molar-refractivity contribution in [1.29, 1.82) is 0 Å². The summed E-state index contributed by atoms with van der Waals surface area (Å²) in [6, 6.07) is 13.3. The summed E-state index contributed by atoms with van der Waals surface area (Å²) < 4.78 is 7.63. The van der Waals surface area contributed by atoms with E-state index in [-0.39, 0.29) is 13.2 Å². The van der Waals surface area contributed by atoms with Gasteiger partial charge in [-0.25, -0.2) is 0 Å². The number of methoxy groups -OCH3 is 1. The number of allylic oxidation sites excluding steroid dienone is 1. The molecule has 10 nitrogen and oxygen atoms in total. The number of piperidine rings is 1. The molecule has 1 saturated heterocycles. The highest BCUT2D eigenvalue weighted by Gasteiger charge is 2.40. The third-order valence-corrected chi connectivity index (χ3v) is 7.31. The molecule has 4 atom stereocenters. The maximum Gasteiger partial charge on any atom is 0.121 e. The Labute approximate surface area is 234 Å². The normalized spacial score (nSPS) is 21.9. The average Bonchev–Trinajstić information content (AvgIpc) is 3.32. The number of β-amino-alcohol motifs (C(OH)–C–C–N with tert-alkyl or cyclic N) is 1. The molecule has 0 amide bonds. The fourth-order valence-corrected chi connectivity index (χ4v) is 5.13.